The lowest BCUT2D eigenvalue weighted by molar-refractivity contribution is 0.505. The van der Waals surface area contributed by atoms with Crippen LogP contribution in [0.3, 0.4) is 0 Å². The molecule has 1 rings (SSSR count). The van der Waals surface area contributed by atoms with Crippen LogP contribution < -0.4 is 17.2 Å². The van der Waals surface area contributed by atoms with E-state index in [9.17, 15) is 0 Å². The molecule has 0 saturated heterocycles. The summed E-state index contributed by atoms with van der Waals surface area (Å²) in [5.74, 6) is 0. The van der Waals surface area contributed by atoms with E-state index in [1.54, 1.807) is 13.1 Å². The van der Waals surface area contributed by atoms with Crippen LogP contribution in [0.4, 0.5) is 5.69 Å². The van der Waals surface area contributed by atoms with Crippen molar-refractivity contribution in [2.75, 3.05) is 12.3 Å². The van der Waals surface area contributed by atoms with Gasteiger partial charge in [0.05, 0.1) is 12.2 Å². The van der Waals surface area contributed by atoms with Crippen LogP contribution in [-0.2, 0) is 6.42 Å². The average molecular weight is 298 g/mol. The minimum atomic E-state index is -0.771. The second-order valence-electron chi connectivity index (χ2n) is 5.50. The van der Waals surface area contributed by atoms with Gasteiger partial charge in [-0.05, 0) is 43.5 Å². The molecule has 0 atom stereocenters. The third kappa shape index (κ3) is 7.57. The standard InChI is InChI=1S/C18H26N4/c1-3-4-8-15(9-7-12-22-14-18(2,20)21)13-16-10-5-6-11-17(16)19/h3-12H,13-14,19-21H2,1-2H3/b4-3-,9-7+,15-8-,22-12+. The summed E-state index contributed by atoms with van der Waals surface area (Å²) < 4.78 is 0. The summed E-state index contributed by atoms with van der Waals surface area (Å²) in [5, 5.41) is 0. The number of hydrogen-bond acceptors (Lipinski definition) is 4. The molecule has 22 heavy (non-hydrogen) atoms. The Morgan fingerprint density at radius 2 is 1.95 bits per heavy atom. The maximum absolute atomic E-state index is 6.00. The van der Waals surface area contributed by atoms with E-state index >= 15 is 0 Å². The van der Waals surface area contributed by atoms with E-state index in [4.69, 9.17) is 17.2 Å². The Hall–Kier alpha value is -2.17. The zero-order valence-corrected chi connectivity index (χ0v) is 13.4. The Kier molecular flexibility index (Phi) is 7.29. The number of aliphatic imine (C=N–C) groups is 1. The first-order valence-corrected chi connectivity index (χ1v) is 7.32. The lowest BCUT2D eigenvalue weighted by Crippen LogP contribution is -2.48. The van der Waals surface area contributed by atoms with Crippen LogP contribution >= 0.6 is 0 Å². The van der Waals surface area contributed by atoms with E-state index in [0.717, 1.165) is 23.2 Å². The molecule has 0 heterocycles. The summed E-state index contributed by atoms with van der Waals surface area (Å²) in [5.41, 5.74) is 19.6. The van der Waals surface area contributed by atoms with Crippen LogP contribution in [0.2, 0.25) is 0 Å². The summed E-state index contributed by atoms with van der Waals surface area (Å²) in [6, 6.07) is 7.88. The first kappa shape index (κ1) is 17.9. The molecule has 0 aromatic heterocycles. The zero-order chi connectivity index (χ0) is 16.4. The van der Waals surface area contributed by atoms with E-state index in [0.29, 0.717) is 6.54 Å². The summed E-state index contributed by atoms with van der Waals surface area (Å²) in [6.07, 6.45) is 12.5. The van der Waals surface area contributed by atoms with Crippen LogP contribution in [0.25, 0.3) is 0 Å². The molecular formula is C18H26N4. The molecule has 118 valence electrons. The summed E-state index contributed by atoms with van der Waals surface area (Å²) in [6.45, 7) is 4.11. The van der Waals surface area contributed by atoms with Gasteiger partial charge < -0.3 is 17.2 Å². The Morgan fingerprint density at radius 3 is 2.59 bits per heavy atom. The largest absolute Gasteiger partial charge is 0.398 e. The van der Waals surface area contributed by atoms with Crippen molar-refractivity contribution in [1.82, 2.24) is 0 Å². The van der Waals surface area contributed by atoms with Crippen molar-refractivity contribution in [3.63, 3.8) is 0 Å². The summed E-state index contributed by atoms with van der Waals surface area (Å²) in [4.78, 5) is 4.19. The zero-order valence-electron chi connectivity index (χ0n) is 13.4. The summed E-state index contributed by atoms with van der Waals surface area (Å²) in [7, 11) is 0. The van der Waals surface area contributed by atoms with Crippen molar-refractivity contribution < 1.29 is 0 Å². The van der Waals surface area contributed by atoms with Crippen LogP contribution in [0.1, 0.15) is 19.4 Å². The molecule has 6 N–H and O–H groups in total. The highest BCUT2D eigenvalue weighted by Gasteiger charge is 2.07. The average Bonchev–Trinajstić information content (AvgIpc) is 2.45. The van der Waals surface area contributed by atoms with Gasteiger partial charge in [-0.3, -0.25) is 4.99 Å². The van der Waals surface area contributed by atoms with E-state index in [1.165, 1.54) is 0 Å². The molecule has 0 aliphatic heterocycles. The number of rotatable bonds is 7. The SMILES string of the molecule is C\C=C/C=C(/C=C/C=N/CC(C)(N)N)Cc1ccccc1N. The Bertz CT molecular complexity index is 575. The van der Waals surface area contributed by atoms with Crippen molar-refractivity contribution in [3.8, 4) is 0 Å². The van der Waals surface area contributed by atoms with Gasteiger partial charge in [0.25, 0.3) is 0 Å². The number of nitrogens with two attached hydrogens (primary N) is 3. The lowest BCUT2D eigenvalue weighted by atomic mass is 10.0. The maximum Gasteiger partial charge on any atom is 0.0808 e. The molecule has 0 fully saturated rings. The Balaban J connectivity index is 2.76. The molecule has 4 nitrogen and oxygen atoms in total. The van der Waals surface area contributed by atoms with Crippen molar-refractivity contribution in [3.05, 3.63) is 65.8 Å². The fraction of sp³-hybridized carbons (Fsp3) is 0.278. The molecule has 1 aromatic rings. The number of nitrogen functional groups attached to an aromatic ring is 1. The highest BCUT2D eigenvalue weighted by atomic mass is 15.0. The van der Waals surface area contributed by atoms with Crippen molar-refractivity contribution in [2.24, 2.45) is 16.5 Å². The van der Waals surface area contributed by atoms with Crippen LogP contribution in [0, 0.1) is 0 Å². The predicted octanol–water partition coefficient (Wildman–Crippen LogP) is 2.57. The maximum atomic E-state index is 6.00. The fourth-order valence-corrected chi connectivity index (χ4v) is 1.79. The highest BCUT2D eigenvalue weighted by molar-refractivity contribution is 5.72. The van der Waals surface area contributed by atoms with E-state index in [1.807, 2.05) is 55.5 Å². The smallest absolute Gasteiger partial charge is 0.0808 e. The van der Waals surface area contributed by atoms with Crippen LogP contribution in [0.5, 0.6) is 0 Å². The third-order valence-electron chi connectivity index (χ3n) is 2.89. The minimum Gasteiger partial charge on any atom is -0.398 e. The lowest BCUT2D eigenvalue weighted by Gasteiger charge is -2.13. The monoisotopic (exact) mass is 298 g/mol. The van der Waals surface area contributed by atoms with Gasteiger partial charge in [-0.15, -0.1) is 0 Å². The van der Waals surface area contributed by atoms with Crippen LogP contribution in [0.15, 0.2) is 65.2 Å². The molecule has 0 spiro atoms. The summed E-state index contributed by atoms with van der Waals surface area (Å²) >= 11 is 0. The number of benzene rings is 1. The second kappa shape index (κ2) is 8.97. The second-order valence-corrected chi connectivity index (χ2v) is 5.50. The highest BCUT2D eigenvalue weighted by Crippen LogP contribution is 2.16. The number of anilines is 1. The molecular weight excluding hydrogens is 272 g/mol. The van der Waals surface area contributed by atoms with Gasteiger partial charge in [0.2, 0.25) is 0 Å². The van der Waals surface area contributed by atoms with Gasteiger partial charge in [0.1, 0.15) is 0 Å². The van der Waals surface area contributed by atoms with Crippen molar-refractivity contribution in [2.45, 2.75) is 25.9 Å². The van der Waals surface area contributed by atoms with Gasteiger partial charge in [0, 0.05) is 11.9 Å². The Morgan fingerprint density at radius 1 is 1.23 bits per heavy atom. The number of nitrogens with zero attached hydrogens (tertiary/aromatic N) is 1. The molecule has 0 aliphatic carbocycles. The number of allylic oxidation sites excluding steroid dienone is 6. The van der Waals surface area contributed by atoms with Gasteiger partial charge in [-0.2, -0.15) is 0 Å². The predicted molar refractivity (Wildman–Crippen MR) is 96.7 cm³/mol. The molecule has 0 aliphatic rings. The number of hydrogen-bond donors (Lipinski definition) is 3. The van der Waals surface area contributed by atoms with Crippen LogP contribution in [-0.4, -0.2) is 18.4 Å². The van der Waals surface area contributed by atoms with Gasteiger partial charge >= 0.3 is 0 Å². The molecule has 0 saturated carbocycles. The molecule has 0 amide bonds. The normalized spacial score (nSPS) is 13.7. The van der Waals surface area contributed by atoms with Crippen molar-refractivity contribution in [1.29, 1.82) is 0 Å². The topological polar surface area (TPSA) is 90.4 Å². The third-order valence-corrected chi connectivity index (χ3v) is 2.89. The molecule has 1 aromatic carbocycles. The van der Waals surface area contributed by atoms with Gasteiger partial charge in [0.15, 0.2) is 0 Å². The first-order chi connectivity index (χ1) is 10.4. The van der Waals surface area contributed by atoms with E-state index in [-0.39, 0.29) is 0 Å². The first-order valence-electron chi connectivity index (χ1n) is 7.32. The molecule has 0 unspecified atom stereocenters. The molecule has 4 heteroatoms. The van der Waals surface area contributed by atoms with E-state index < -0.39 is 5.66 Å². The molecule has 0 radical (unpaired) electrons. The quantitative estimate of drug-likeness (QED) is 0.313. The molecule has 0 bridgehead atoms. The fourth-order valence-electron chi connectivity index (χ4n) is 1.79. The van der Waals surface area contributed by atoms with Gasteiger partial charge in [-0.25, -0.2) is 0 Å². The Labute approximate surface area is 133 Å². The minimum absolute atomic E-state index is 0.386. The number of para-hydroxylation sites is 1. The van der Waals surface area contributed by atoms with Gasteiger partial charge in [-0.1, -0.05) is 42.5 Å². The van der Waals surface area contributed by atoms with E-state index in [2.05, 4.69) is 11.1 Å². The van der Waals surface area contributed by atoms with Crippen molar-refractivity contribution >= 4 is 11.9 Å².